The number of nitrogens with zero attached hydrogens (tertiary/aromatic N) is 3. The smallest absolute Gasteiger partial charge is 0.225 e. The van der Waals surface area contributed by atoms with Crippen molar-refractivity contribution in [1.82, 2.24) is 14.7 Å². The van der Waals surface area contributed by atoms with E-state index in [2.05, 4.69) is 10.4 Å². The minimum absolute atomic E-state index is 0.0335. The molecule has 0 bridgehead atoms. The highest BCUT2D eigenvalue weighted by Gasteiger charge is 2.37. The second-order valence-electron chi connectivity index (χ2n) is 6.75. The van der Waals surface area contributed by atoms with Gasteiger partial charge in [0.05, 0.1) is 18.1 Å². The van der Waals surface area contributed by atoms with E-state index in [-0.39, 0.29) is 24.3 Å². The molecule has 0 aromatic carbocycles. The Morgan fingerprint density at radius 3 is 2.87 bits per heavy atom. The highest BCUT2D eigenvalue weighted by molar-refractivity contribution is 5.87. The molecule has 0 unspecified atom stereocenters. The van der Waals surface area contributed by atoms with Gasteiger partial charge in [0, 0.05) is 32.3 Å². The average Bonchev–Trinajstić information content (AvgIpc) is 3.17. The highest BCUT2D eigenvalue weighted by atomic mass is 16.3. The molecule has 2 aliphatic rings. The zero-order valence-corrected chi connectivity index (χ0v) is 13.5. The Hall–Kier alpha value is -1.89. The molecule has 1 aliphatic carbocycles. The molecule has 7 nitrogen and oxygen atoms in total. The van der Waals surface area contributed by atoms with Gasteiger partial charge in [-0.05, 0) is 19.3 Å². The largest absolute Gasteiger partial charge is 0.389 e. The molecule has 23 heavy (non-hydrogen) atoms. The van der Waals surface area contributed by atoms with Crippen LogP contribution >= 0.6 is 0 Å². The maximum Gasteiger partial charge on any atom is 0.225 e. The third-order valence-corrected chi connectivity index (χ3v) is 4.82. The minimum atomic E-state index is -0.792. The van der Waals surface area contributed by atoms with Crippen molar-refractivity contribution < 1.29 is 14.7 Å². The van der Waals surface area contributed by atoms with Crippen LogP contribution in [0.2, 0.25) is 0 Å². The van der Waals surface area contributed by atoms with Gasteiger partial charge < -0.3 is 15.3 Å². The molecule has 1 atom stereocenters. The summed E-state index contributed by atoms with van der Waals surface area (Å²) in [6.07, 6.45) is 6.37. The van der Waals surface area contributed by atoms with E-state index in [4.69, 9.17) is 0 Å². The fraction of sp³-hybridized carbons (Fsp3) is 0.688. The summed E-state index contributed by atoms with van der Waals surface area (Å²) in [5, 5.41) is 17.4. The number of hydrogen-bond acceptors (Lipinski definition) is 4. The van der Waals surface area contributed by atoms with E-state index in [1.165, 1.54) is 6.92 Å². The van der Waals surface area contributed by atoms with Crippen LogP contribution in [0.3, 0.4) is 0 Å². The number of rotatable bonds is 4. The molecule has 2 N–H and O–H groups in total. The third kappa shape index (κ3) is 3.72. The number of amides is 2. The Morgan fingerprint density at radius 1 is 1.43 bits per heavy atom. The summed E-state index contributed by atoms with van der Waals surface area (Å²) >= 11 is 0. The van der Waals surface area contributed by atoms with Gasteiger partial charge in [-0.2, -0.15) is 5.10 Å². The first-order valence-electron chi connectivity index (χ1n) is 8.28. The Morgan fingerprint density at radius 2 is 2.17 bits per heavy atom. The molecule has 3 rings (SSSR count). The molecule has 1 saturated heterocycles. The zero-order valence-electron chi connectivity index (χ0n) is 13.5. The SMILES string of the molecule is CC(=O)Nc1ccn([C@H]2CCN(C(=O)CC3(O)CCCC3)C2)n1. The fourth-order valence-corrected chi connectivity index (χ4v) is 3.58. The van der Waals surface area contributed by atoms with Gasteiger partial charge in [-0.25, -0.2) is 0 Å². The van der Waals surface area contributed by atoms with E-state index in [1.54, 1.807) is 6.07 Å². The first-order valence-corrected chi connectivity index (χ1v) is 8.28. The second-order valence-corrected chi connectivity index (χ2v) is 6.75. The lowest BCUT2D eigenvalue weighted by molar-refractivity contribution is -0.135. The molecular formula is C16H24N4O3. The molecule has 0 spiro atoms. The van der Waals surface area contributed by atoms with E-state index in [9.17, 15) is 14.7 Å². The standard InChI is InChI=1S/C16H24N4O3/c1-12(21)17-14-5-9-20(18-14)13-4-8-19(11-13)15(22)10-16(23)6-2-3-7-16/h5,9,13,23H,2-4,6-8,10-11H2,1H3,(H,17,18,21)/t13-/m0/s1. The van der Waals surface area contributed by atoms with Gasteiger partial charge in [0.15, 0.2) is 5.82 Å². The molecule has 7 heteroatoms. The molecule has 1 saturated carbocycles. The van der Waals surface area contributed by atoms with Crippen molar-refractivity contribution in [3.8, 4) is 0 Å². The van der Waals surface area contributed by atoms with Crippen LogP contribution in [0.1, 0.15) is 51.5 Å². The van der Waals surface area contributed by atoms with Crippen molar-refractivity contribution in [3.05, 3.63) is 12.3 Å². The summed E-state index contributed by atoms with van der Waals surface area (Å²) in [6, 6.07) is 1.88. The lowest BCUT2D eigenvalue weighted by atomic mass is 9.97. The van der Waals surface area contributed by atoms with E-state index in [0.717, 1.165) is 32.1 Å². The Balaban J connectivity index is 1.56. The van der Waals surface area contributed by atoms with Crippen molar-refractivity contribution in [2.45, 2.75) is 57.1 Å². The number of aromatic nitrogens is 2. The predicted octanol–water partition coefficient (Wildman–Crippen LogP) is 1.31. The average molecular weight is 320 g/mol. The van der Waals surface area contributed by atoms with Crippen molar-refractivity contribution >= 4 is 17.6 Å². The van der Waals surface area contributed by atoms with E-state index in [1.807, 2.05) is 15.8 Å². The van der Waals surface area contributed by atoms with Crippen LogP contribution in [0.15, 0.2) is 12.3 Å². The summed E-state index contributed by atoms with van der Waals surface area (Å²) in [5.41, 5.74) is -0.792. The van der Waals surface area contributed by atoms with E-state index >= 15 is 0 Å². The van der Waals surface area contributed by atoms with Crippen molar-refractivity contribution in [2.75, 3.05) is 18.4 Å². The van der Waals surface area contributed by atoms with Crippen molar-refractivity contribution in [1.29, 1.82) is 0 Å². The van der Waals surface area contributed by atoms with Crippen molar-refractivity contribution in [2.24, 2.45) is 0 Å². The highest BCUT2D eigenvalue weighted by Crippen LogP contribution is 2.33. The first kappa shape index (κ1) is 16.0. The first-order chi connectivity index (χ1) is 11.0. The molecular weight excluding hydrogens is 296 g/mol. The van der Waals surface area contributed by atoms with Crippen LogP contribution in [0.25, 0.3) is 0 Å². The Bertz CT molecular complexity index is 592. The number of anilines is 1. The molecule has 0 radical (unpaired) electrons. The van der Waals surface area contributed by atoms with Crippen LogP contribution in [0, 0.1) is 0 Å². The maximum atomic E-state index is 12.4. The van der Waals surface area contributed by atoms with Crippen LogP contribution in [0.5, 0.6) is 0 Å². The lowest BCUT2D eigenvalue weighted by Crippen LogP contribution is -2.37. The van der Waals surface area contributed by atoms with Gasteiger partial charge in [0.1, 0.15) is 0 Å². The number of carbonyl (C=O) groups is 2. The van der Waals surface area contributed by atoms with E-state index < -0.39 is 5.60 Å². The van der Waals surface area contributed by atoms with Gasteiger partial charge in [0.2, 0.25) is 11.8 Å². The van der Waals surface area contributed by atoms with Gasteiger partial charge in [-0.3, -0.25) is 14.3 Å². The number of aliphatic hydroxyl groups is 1. The number of nitrogens with one attached hydrogen (secondary N) is 1. The summed E-state index contributed by atoms with van der Waals surface area (Å²) < 4.78 is 1.81. The molecule has 126 valence electrons. The lowest BCUT2D eigenvalue weighted by Gasteiger charge is -2.25. The molecule has 2 heterocycles. The van der Waals surface area contributed by atoms with Crippen LogP contribution in [0.4, 0.5) is 5.82 Å². The molecule has 1 aromatic rings. The number of carbonyl (C=O) groups excluding carboxylic acids is 2. The zero-order chi connectivity index (χ0) is 16.4. The molecule has 1 aliphatic heterocycles. The number of hydrogen-bond donors (Lipinski definition) is 2. The van der Waals surface area contributed by atoms with Crippen molar-refractivity contribution in [3.63, 3.8) is 0 Å². The normalized spacial score (nSPS) is 23.2. The van der Waals surface area contributed by atoms with Gasteiger partial charge in [-0.1, -0.05) is 12.8 Å². The second kappa shape index (κ2) is 6.31. The molecule has 2 amide bonds. The summed E-state index contributed by atoms with van der Waals surface area (Å²) in [7, 11) is 0. The maximum absolute atomic E-state index is 12.4. The predicted molar refractivity (Wildman–Crippen MR) is 84.8 cm³/mol. The summed E-state index contributed by atoms with van der Waals surface area (Å²) in [6.45, 7) is 2.74. The van der Waals surface area contributed by atoms with Gasteiger partial charge in [-0.15, -0.1) is 0 Å². The number of likely N-dealkylation sites (tertiary alicyclic amines) is 1. The fourth-order valence-electron chi connectivity index (χ4n) is 3.58. The third-order valence-electron chi connectivity index (χ3n) is 4.82. The minimum Gasteiger partial charge on any atom is -0.389 e. The molecule has 2 fully saturated rings. The summed E-state index contributed by atoms with van der Waals surface area (Å²) in [4.78, 5) is 25.3. The molecule has 1 aromatic heterocycles. The monoisotopic (exact) mass is 320 g/mol. The summed E-state index contributed by atoms with van der Waals surface area (Å²) in [5.74, 6) is 0.414. The Labute approximate surface area is 135 Å². The van der Waals surface area contributed by atoms with Gasteiger partial charge >= 0.3 is 0 Å². The van der Waals surface area contributed by atoms with Crippen LogP contribution in [-0.2, 0) is 9.59 Å². The van der Waals surface area contributed by atoms with E-state index in [0.29, 0.717) is 18.9 Å². The van der Waals surface area contributed by atoms with Crippen LogP contribution in [-0.4, -0.2) is 50.3 Å². The Kier molecular flexibility index (Phi) is 4.39. The quantitative estimate of drug-likeness (QED) is 0.875. The topological polar surface area (TPSA) is 87.5 Å². The van der Waals surface area contributed by atoms with Gasteiger partial charge in [0.25, 0.3) is 0 Å². The van der Waals surface area contributed by atoms with Crippen LogP contribution < -0.4 is 5.32 Å².